The van der Waals surface area contributed by atoms with Crippen LogP contribution in [0.5, 0.6) is 11.5 Å². The highest BCUT2D eigenvalue weighted by atomic mass is 16.5. The minimum Gasteiger partial charge on any atom is -0.546 e. The summed E-state index contributed by atoms with van der Waals surface area (Å²) in [5.41, 5.74) is 0.846. The van der Waals surface area contributed by atoms with Crippen LogP contribution in [-0.4, -0.2) is 19.2 Å². The lowest BCUT2D eigenvalue weighted by atomic mass is 10.1. The number of benzene rings is 1. The Morgan fingerprint density at radius 3 is 3.07 bits per heavy atom. The number of hydrogen-bond donors (Lipinski definition) is 0. The van der Waals surface area contributed by atoms with E-state index in [2.05, 4.69) is 0 Å². The van der Waals surface area contributed by atoms with Crippen molar-refractivity contribution in [3.05, 3.63) is 23.8 Å². The van der Waals surface area contributed by atoms with Crippen LogP contribution in [0.15, 0.2) is 18.2 Å². The van der Waals surface area contributed by atoms with E-state index in [-0.39, 0.29) is 0 Å². The number of ether oxygens (including phenoxy) is 2. The molecule has 0 bridgehead atoms. The van der Waals surface area contributed by atoms with Gasteiger partial charge in [0.2, 0.25) is 0 Å². The maximum Gasteiger partial charge on any atom is 0.142 e. The van der Waals surface area contributed by atoms with Crippen LogP contribution in [0.25, 0.3) is 0 Å². The second-order valence-electron chi connectivity index (χ2n) is 3.10. The summed E-state index contributed by atoms with van der Waals surface area (Å²) >= 11 is 0. The molecule has 1 atom stereocenters. The Bertz CT molecular complexity index is 372. The molecule has 4 nitrogen and oxygen atoms in total. The number of carbonyl (C=O) groups excluding carboxylic acids is 1. The Kier molecular flexibility index (Phi) is 2.04. The average molecular weight is 193 g/mol. The van der Waals surface area contributed by atoms with Gasteiger partial charge in [-0.25, -0.2) is 0 Å². The van der Waals surface area contributed by atoms with Crippen molar-refractivity contribution in [3.8, 4) is 11.5 Å². The molecule has 0 amide bonds. The van der Waals surface area contributed by atoms with E-state index in [0.717, 1.165) is 5.56 Å². The third-order valence-electron chi connectivity index (χ3n) is 2.21. The minimum atomic E-state index is -1.18. The van der Waals surface area contributed by atoms with E-state index in [0.29, 0.717) is 17.9 Å². The fourth-order valence-corrected chi connectivity index (χ4v) is 1.48. The first-order valence-electron chi connectivity index (χ1n) is 4.25. The first-order chi connectivity index (χ1) is 6.70. The largest absolute Gasteiger partial charge is 0.546 e. The average Bonchev–Trinajstić information content (AvgIpc) is 2.59. The van der Waals surface area contributed by atoms with Crippen LogP contribution in [0.1, 0.15) is 5.56 Å². The van der Waals surface area contributed by atoms with Gasteiger partial charge in [-0.15, -0.1) is 0 Å². The molecule has 0 aliphatic carbocycles. The van der Waals surface area contributed by atoms with Crippen molar-refractivity contribution < 1.29 is 19.4 Å². The maximum atomic E-state index is 10.6. The van der Waals surface area contributed by atoms with Crippen molar-refractivity contribution in [1.82, 2.24) is 0 Å². The summed E-state index contributed by atoms with van der Waals surface area (Å²) < 4.78 is 10.2. The SMILES string of the molecule is COc1ccc2c(c1)C[C@@H](C(=O)[O-])O2. The molecule has 0 fully saturated rings. The van der Waals surface area contributed by atoms with E-state index in [4.69, 9.17) is 9.47 Å². The van der Waals surface area contributed by atoms with Gasteiger partial charge in [0.05, 0.1) is 13.1 Å². The molecule has 0 saturated heterocycles. The number of hydrogen-bond acceptors (Lipinski definition) is 4. The van der Waals surface area contributed by atoms with Crippen molar-refractivity contribution >= 4 is 5.97 Å². The molecule has 1 aliphatic heterocycles. The second kappa shape index (κ2) is 3.21. The van der Waals surface area contributed by atoms with Gasteiger partial charge in [-0.2, -0.15) is 0 Å². The molecule has 0 unspecified atom stereocenters. The van der Waals surface area contributed by atoms with Crippen molar-refractivity contribution in [2.75, 3.05) is 7.11 Å². The Morgan fingerprint density at radius 1 is 1.64 bits per heavy atom. The van der Waals surface area contributed by atoms with Crippen LogP contribution in [0, 0.1) is 0 Å². The van der Waals surface area contributed by atoms with Gasteiger partial charge in [0.1, 0.15) is 17.6 Å². The van der Waals surface area contributed by atoms with Crippen LogP contribution in [-0.2, 0) is 11.2 Å². The Morgan fingerprint density at radius 2 is 2.43 bits per heavy atom. The molecular weight excluding hydrogens is 184 g/mol. The number of carbonyl (C=O) groups is 1. The van der Waals surface area contributed by atoms with Gasteiger partial charge in [0.25, 0.3) is 0 Å². The van der Waals surface area contributed by atoms with Crippen molar-refractivity contribution in [3.63, 3.8) is 0 Å². The molecule has 0 saturated carbocycles. The summed E-state index contributed by atoms with van der Waals surface area (Å²) in [6.45, 7) is 0. The summed E-state index contributed by atoms with van der Waals surface area (Å²) in [5.74, 6) is 0.117. The fourth-order valence-electron chi connectivity index (χ4n) is 1.48. The topological polar surface area (TPSA) is 58.6 Å². The maximum absolute atomic E-state index is 10.6. The lowest BCUT2D eigenvalue weighted by Crippen LogP contribution is -2.38. The van der Waals surface area contributed by atoms with E-state index >= 15 is 0 Å². The zero-order valence-electron chi connectivity index (χ0n) is 7.65. The summed E-state index contributed by atoms with van der Waals surface area (Å²) in [5, 5.41) is 10.6. The monoisotopic (exact) mass is 193 g/mol. The molecule has 0 aromatic heterocycles. The number of rotatable bonds is 2. The molecule has 4 heteroatoms. The van der Waals surface area contributed by atoms with Gasteiger partial charge < -0.3 is 19.4 Å². The predicted molar refractivity (Wildman–Crippen MR) is 46.1 cm³/mol. The van der Waals surface area contributed by atoms with Gasteiger partial charge in [-0.1, -0.05) is 0 Å². The fraction of sp³-hybridized carbons (Fsp3) is 0.300. The highest BCUT2D eigenvalue weighted by Gasteiger charge is 2.23. The van der Waals surface area contributed by atoms with E-state index in [1.807, 2.05) is 0 Å². The number of carboxylic acid groups (broad SMARTS) is 1. The lowest BCUT2D eigenvalue weighted by Gasteiger charge is -2.10. The van der Waals surface area contributed by atoms with Crippen LogP contribution in [0.4, 0.5) is 0 Å². The standard InChI is InChI=1S/C10H10O4/c1-13-7-2-3-8-6(4-7)5-9(14-8)10(11)12/h2-4,9H,5H2,1H3,(H,11,12)/p-1/t9-/m0/s1. The number of methoxy groups -OCH3 is 1. The number of fused-ring (bicyclic) bond motifs is 1. The third-order valence-corrected chi connectivity index (χ3v) is 2.21. The van der Waals surface area contributed by atoms with Gasteiger partial charge >= 0.3 is 0 Å². The van der Waals surface area contributed by atoms with E-state index in [1.54, 1.807) is 25.3 Å². The van der Waals surface area contributed by atoms with Gasteiger partial charge in [-0.3, -0.25) is 0 Å². The molecular formula is C10H9O4-. The first-order valence-corrected chi connectivity index (χ1v) is 4.25. The van der Waals surface area contributed by atoms with Crippen molar-refractivity contribution in [1.29, 1.82) is 0 Å². The normalized spacial score (nSPS) is 18.5. The van der Waals surface area contributed by atoms with Crippen LogP contribution >= 0.6 is 0 Å². The van der Waals surface area contributed by atoms with E-state index in [9.17, 15) is 9.90 Å². The predicted octanol–water partition coefficient (Wildman–Crippen LogP) is -0.251. The molecule has 1 aromatic carbocycles. The number of aliphatic carboxylic acids is 1. The van der Waals surface area contributed by atoms with Gasteiger partial charge in [0, 0.05) is 12.0 Å². The molecule has 14 heavy (non-hydrogen) atoms. The van der Waals surface area contributed by atoms with Gasteiger partial charge in [-0.05, 0) is 18.2 Å². The van der Waals surface area contributed by atoms with E-state index in [1.165, 1.54) is 0 Å². The highest BCUT2D eigenvalue weighted by Crippen LogP contribution is 2.31. The van der Waals surface area contributed by atoms with Crippen LogP contribution < -0.4 is 14.6 Å². The molecule has 0 radical (unpaired) electrons. The molecule has 2 rings (SSSR count). The Balaban J connectivity index is 2.27. The third kappa shape index (κ3) is 1.39. The van der Waals surface area contributed by atoms with Gasteiger partial charge in [0.15, 0.2) is 0 Å². The summed E-state index contributed by atoms with van der Waals surface area (Å²) in [4.78, 5) is 10.6. The zero-order valence-corrected chi connectivity index (χ0v) is 7.65. The summed E-state index contributed by atoms with van der Waals surface area (Å²) in [6, 6.07) is 5.21. The first kappa shape index (κ1) is 8.87. The van der Waals surface area contributed by atoms with Crippen molar-refractivity contribution in [2.45, 2.75) is 12.5 Å². The van der Waals surface area contributed by atoms with Crippen LogP contribution in [0.2, 0.25) is 0 Å². The quantitative estimate of drug-likeness (QED) is 0.649. The highest BCUT2D eigenvalue weighted by molar-refractivity contribution is 5.72. The smallest absolute Gasteiger partial charge is 0.142 e. The van der Waals surface area contributed by atoms with Crippen LogP contribution in [0.3, 0.4) is 0 Å². The second-order valence-corrected chi connectivity index (χ2v) is 3.10. The Labute approximate surface area is 81.1 Å². The molecule has 0 N–H and O–H groups in total. The van der Waals surface area contributed by atoms with E-state index < -0.39 is 12.1 Å². The molecule has 74 valence electrons. The Hall–Kier alpha value is -1.71. The molecule has 1 heterocycles. The lowest BCUT2D eigenvalue weighted by molar-refractivity contribution is -0.312. The molecule has 1 aromatic rings. The molecule has 1 aliphatic rings. The zero-order chi connectivity index (χ0) is 10.1. The number of carboxylic acids is 1. The minimum absolute atomic E-state index is 0.342. The summed E-state index contributed by atoms with van der Waals surface area (Å²) in [7, 11) is 1.56. The summed E-state index contributed by atoms with van der Waals surface area (Å²) in [6.07, 6.45) is -0.522. The van der Waals surface area contributed by atoms with Crippen molar-refractivity contribution in [2.24, 2.45) is 0 Å². The molecule has 0 spiro atoms.